The lowest BCUT2D eigenvalue weighted by atomic mass is 9.87. The molecule has 0 radical (unpaired) electrons. The topological polar surface area (TPSA) is 90.9 Å². The second kappa shape index (κ2) is 8.59. The average molecular weight is 431 g/mol. The molecule has 0 saturated carbocycles. The second-order valence-electron chi connectivity index (χ2n) is 7.84. The van der Waals surface area contributed by atoms with Crippen LogP contribution in [0, 0.1) is 0 Å². The number of sulfone groups is 1. The number of nitrogen functional groups attached to an aromatic ring is 1. The van der Waals surface area contributed by atoms with Crippen molar-refractivity contribution in [3.05, 3.63) is 60.2 Å². The zero-order valence-corrected chi connectivity index (χ0v) is 18.5. The maximum atomic E-state index is 12.3. The van der Waals surface area contributed by atoms with E-state index in [9.17, 15) is 8.42 Å². The van der Waals surface area contributed by atoms with Crippen LogP contribution in [-0.4, -0.2) is 34.8 Å². The predicted octanol–water partition coefficient (Wildman–Crippen LogP) is 3.91. The molecular weight excluding hydrogens is 404 g/mol. The van der Waals surface area contributed by atoms with E-state index < -0.39 is 9.84 Å². The molecule has 0 unspecified atom stereocenters. The highest BCUT2D eigenvalue weighted by Crippen LogP contribution is 2.26. The quantitative estimate of drug-likeness (QED) is 0.347. The molecule has 2 N–H and O–H groups in total. The molecule has 0 aliphatic carbocycles. The van der Waals surface area contributed by atoms with Gasteiger partial charge in [-0.25, -0.2) is 13.1 Å². The Morgan fingerprint density at radius 1 is 1.00 bits per heavy atom. The van der Waals surface area contributed by atoms with E-state index in [0.717, 1.165) is 5.56 Å². The average Bonchev–Trinajstić information content (AvgIpc) is 3.06. The van der Waals surface area contributed by atoms with Gasteiger partial charge < -0.3 is 5.84 Å². The van der Waals surface area contributed by atoms with E-state index >= 15 is 0 Å². The van der Waals surface area contributed by atoms with Crippen LogP contribution in [0.4, 0.5) is 0 Å². The summed E-state index contributed by atoms with van der Waals surface area (Å²) in [6, 6.07) is 16.6. The lowest BCUT2D eigenvalue weighted by Gasteiger charge is -2.19. The molecule has 8 heteroatoms. The molecule has 0 atom stereocenters. The number of nitrogens with two attached hydrogens (primary N) is 1. The number of hydrogen-bond donors (Lipinski definition) is 1. The van der Waals surface area contributed by atoms with Gasteiger partial charge in [0, 0.05) is 11.3 Å². The van der Waals surface area contributed by atoms with Crippen LogP contribution in [0.1, 0.15) is 32.8 Å². The minimum Gasteiger partial charge on any atom is -0.335 e. The number of hydrogen-bond acceptors (Lipinski definition) is 6. The van der Waals surface area contributed by atoms with Gasteiger partial charge >= 0.3 is 0 Å². The van der Waals surface area contributed by atoms with E-state index in [0.29, 0.717) is 28.0 Å². The van der Waals surface area contributed by atoms with E-state index in [1.165, 1.54) is 22.0 Å². The first kappa shape index (κ1) is 21.4. The van der Waals surface area contributed by atoms with E-state index in [-0.39, 0.29) is 11.2 Å². The highest BCUT2D eigenvalue weighted by atomic mass is 32.2. The van der Waals surface area contributed by atoms with Crippen LogP contribution in [-0.2, 0) is 15.3 Å². The summed E-state index contributed by atoms with van der Waals surface area (Å²) in [7, 11) is -3.27. The standard InChI is InChI=1S/C21H26N4O2S2/c1-21(2,3)17-12-10-16(11-13-17)19-23-24-20(25(19)22)28-14-7-15-29(26,27)18-8-5-4-6-9-18/h4-6,8-13H,7,14-15,22H2,1-3H3. The minimum atomic E-state index is -3.27. The fourth-order valence-electron chi connectivity index (χ4n) is 2.85. The van der Waals surface area contributed by atoms with Crippen LogP contribution in [0.3, 0.4) is 0 Å². The number of benzene rings is 2. The Bertz CT molecular complexity index is 1050. The summed E-state index contributed by atoms with van der Waals surface area (Å²) in [5.74, 6) is 7.43. The molecule has 0 aliphatic heterocycles. The van der Waals surface area contributed by atoms with Gasteiger partial charge in [-0.05, 0) is 29.5 Å². The Hall–Kier alpha value is -2.32. The second-order valence-corrected chi connectivity index (χ2v) is 11.0. The SMILES string of the molecule is CC(C)(C)c1ccc(-c2nnc(SCCCS(=O)(=O)c3ccccc3)n2N)cc1. The molecule has 0 aliphatic rings. The first-order chi connectivity index (χ1) is 13.7. The van der Waals surface area contributed by atoms with Crippen LogP contribution < -0.4 is 5.84 Å². The summed E-state index contributed by atoms with van der Waals surface area (Å²) in [5.41, 5.74) is 2.21. The van der Waals surface area contributed by atoms with Crippen molar-refractivity contribution in [1.29, 1.82) is 0 Å². The molecule has 154 valence electrons. The van der Waals surface area contributed by atoms with Crippen LogP contribution in [0.25, 0.3) is 11.4 Å². The zero-order valence-electron chi connectivity index (χ0n) is 16.9. The molecule has 3 rings (SSSR count). The number of aromatic nitrogens is 3. The van der Waals surface area contributed by atoms with Gasteiger partial charge in [0.05, 0.1) is 10.6 Å². The lowest BCUT2D eigenvalue weighted by Crippen LogP contribution is -2.13. The molecule has 1 aromatic heterocycles. The van der Waals surface area contributed by atoms with E-state index in [2.05, 4.69) is 43.1 Å². The fourth-order valence-corrected chi connectivity index (χ4v) is 5.16. The number of thioether (sulfide) groups is 1. The van der Waals surface area contributed by atoms with E-state index in [4.69, 9.17) is 5.84 Å². The Morgan fingerprint density at radius 3 is 2.28 bits per heavy atom. The zero-order chi connectivity index (χ0) is 21.1. The first-order valence-corrected chi connectivity index (χ1v) is 12.0. The number of rotatable bonds is 7. The summed E-state index contributed by atoms with van der Waals surface area (Å²) < 4.78 is 26.1. The molecular formula is C21H26N4O2S2. The predicted molar refractivity (Wildman–Crippen MR) is 118 cm³/mol. The minimum absolute atomic E-state index is 0.0794. The summed E-state index contributed by atoms with van der Waals surface area (Å²) >= 11 is 1.41. The van der Waals surface area contributed by atoms with Crippen molar-refractivity contribution in [2.45, 2.75) is 42.7 Å². The fraction of sp³-hybridized carbons (Fsp3) is 0.333. The summed E-state index contributed by atoms with van der Waals surface area (Å²) in [5, 5.41) is 8.93. The van der Waals surface area contributed by atoms with E-state index in [1.807, 2.05) is 12.1 Å². The van der Waals surface area contributed by atoms with Gasteiger partial charge in [0.1, 0.15) is 0 Å². The monoisotopic (exact) mass is 430 g/mol. The van der Waals surface area contributed by atoms with Crippen molar-refractivity contribution in [1.82, 2.24) is 14.9 Å². The molecule has 0 fully saturated rings. The molecule has 2 aromatic carbocycles. The van der Waals surface area contributed by atoms with Crippen LogP contribution in [0.15, 0.2) is 64.6 Å². The van der Waals surface area contributed by atoms with Crippen molar-refractivity contribution in [2.75, 3.05) is 17.3 Å². The van der Waals surface area contributed by atoms with Gasteiger partial charge in [-0.2, -0.15) is 0 Å². The summed E-state index contributed by atoms with van der Waals surface area (Å²) in [6.07, 6.45) is 0.504. The van der Waals surface area contributed by atoms with E-state index in [1.54, 1.807) is 30.3 Å². The summed E-state index contributed by atoms with van der Waals surface area (Å²) in [6.45, 7) is 6.50. The van der Waals surface area contributed by atoms with Gasteiger partial charge in [-0.3, -0.25) is 0 Å². The summed E-state index contributed by atoms with van der Waals surface area (Å²) in [4.78, 5) is 0.355. The normalized spacial score (nSPS) is 12.2. The molecule has 0 amide bonds. The molecule has 0 spiro atoms. The van der Waals surface area contributed by atoms with Gasteiger partial charge in [0.2, 0.25) is 5.16 Å². The van der Waals surface area contributed by atoms with Crippen molar-refractivity contribution in [2.24, 2.45) is 0 Å². The highest BCUT2D eigenvalue weighted by molar-refractivity contribution is 7.99. The molecule has 1 heterocycles. The number of nitrogens with zero attached hydrogens (tertiary/aromatic N) is 3. The third-order valence-corrected chi connectivity index (χ3v) is 7.41. The Kier molecular flexibility index (Phi) is 6.33. The molecule has 0 saturated heterocycles. The largest absolute Gasteiger partial charge is 0.335 e. The maximum absolute atomic E-state index is 12.3. The Labute approximate surface area is 176 Å². The van der Waals surface area contributed by atoms with Gasteiger partial charge in [0.15, 0.2) is 15.7 Å². The Morgan fingerprint density at radius 2 is 1.66 bits per heavy atom. The molecule has 29 heavy (non-hydrogen) atoms. The third kappa shape index (κ3) is 5.19. The van der Waals surface area contributed by atoms with Crippen molar-refractivity contribution in [3.8, 4) is 11.4 Å². The lowest BCUT2D eigenvalue weighted by molar-refractivity contribution is 0.590. The maximum Gasteiger partial charge on any atom is 0.210 e. The van der Waals surface area contributed by atoms with Crippen molar-refractivity contribution in [3.63, 3.8) is 0 Å². The van der Waals surface area contributed by atoms with Crippen molar-refractivity contribution >= 4 is 21.6 Å². The van der Waals surface area contributed by atoms with Crippen LogP contribution in [0.2, 0.25) is 0 Å². The van der Waals surface area contributed by atoms with Gasteiger partial charge in [0.25, 0.3) is 0 Å². The van der Waals surface area contributed by atoms with Crippen molar-refractivity contribution < 1.29 is 8.42 Å². The van der Waals surface area contributed by atoms with Crippen LogP contribution >= 0.6 is 11.8 Å². The third-order valence-electron chi connectivity index (χ3n) is 4.56. The van der Waals surface area contributed by atoms with Gasteiger partial charge in [-0.15, -0.1) is 10.2 Å². The Balaban J connectivity index is 1.60. The van der Waals surface area contributed by atoms with Crippen LogP contribution in [0.5, 0.6) is 0 Å². The highest BCUT2D eigenvalue weighted by Gasteiger charge is 2.17. The van der Waals surface area contributed by atoms with Gasteiger partial charge in [-0.1, -0.05) is 75.0 Å². The molecule has 0 bridgehead atoms. The first-order valence-electron chi connectivity index (χ1n) is 9.40. The molecule has 3 aromatic rings. The molecule has 6 nitrogen and oxygen atoms in total. The smallest absolute Gasteiger partial charge is 0.210 e.